The van der Waals surface area contributed by atoms with Crippen LogP contribution in [0.3, 0.4) is 0 Å². The lowest BCUT2D eigenvalue weighted by molar-refractivity contribution is 0.0894. The third-order valence-electron chi connectivity index (χ3n) is 2.90. The van der Waals surface area contributed by atoms with Crippen LogP contribution in [0.1, 0.15) is 19.2 Å². The minimum absolute atomic E-state index is 0.256. The molecule has 1 aromatic heterocycles. The molecule has 5 heteroatoms. The number of aliphatic hydroxyl groups excluding tert-OH is 1. The van der Waals surface area contributed by atoms with E-state index in [0.29, 0.717) is 13.0 Å². The quantitative estimate of drug-likeness (QED) is 0.775. The molecule has 1 aliphatic heterocycles. The SMILES string of the molecule is CCn1ncnc1CC(O)C1CCOC1. The maximum absolute atomic E-state index is 9.98. The number of aliphatic hydroxyl groups is 1. The Morgan fingerprint density at radius 2 is 2.60 bits per heavy atom. The van der Waals surface area contributed by atoms with Crippen LogP contribution in [0.2, 0.25) is 0 Å². The summed E-state index contributed by atoms with van der Waals surface area (Å²) in [5, 5.41) is 14.1. The lowest BCUT2D eigenvalue weighted by atomic mass is 9.99. The second kappa shape index (κ2) is 4.72. The van der Waals surface area contributed by atoms with Gasteiger partial charge in [0.1, 0.15) is 12.2 Å². The standard InChI is InChI=1S/C10H17N3O2/c1-2-13-10(11-7-12-13)5-9(14)8-3-4-15-6-8/h7-9,14H,2-6H2,1H3. The predicted octanol–water partition coefficient (Wildman–Crippen LogP) is 0.238. The number of aromatic nitrogens is 3. The Morgan fingerprint density at radius 1 is 1.73 bits per heavy atom. The van der Waals surface area contributed by atoms with Crippen LogP contribution in [0, 0.1) is 5.92 Å². The van der Waals surface area contributed by atoms with Gasteiger partial charge in [0.05, 0.1) is 12.7 Å². The first kappa shape index (κ1) is 10.6. The molecule has 0 spiro atoms. The molecule has 84 valence electrons. The molecule has 1 N–H and O–H groups in total. The highest BCUT2D eigenvalue weighted by atomic mass is 16.5. The first-order valence-electron chi connectivity index (χ1n) is 5.43. The fourth-order valence-electron chi connectivity index (χ4n) is 1.92. The van der Waals surface area contributed by atoms with Crippen molar-refractivity contribution in [1.82, 2.24) is 14.8 Å². The van der Waals surface area contributed by atoms with Crippen LogP contribution in [-0.4, -0.2) is 39.2 Å². The van der Waals surface area contributed by atoms with E-state index in [1.165, 1.54) is 6.33 Å². The third kappa shape index (κ3) is 2.35. The van der Waals surface area contributed by atoms with E-state index in [0.717, 1.165) is 25.4 Å². The molecule has 1 aliphatic rings. The van der Waals surface area contributed by atoms with E-state index in [2.05, 4.69) is 10.1 Å². The summed E-state index contributed by atoms with van der Waals surface area (Å²) in [4.78, 5) is 4.15. The van der Waals surface area contributed by atoms with Gasteiger partial charge >= 0.3 is 0 Å². The van der Waals surface area contributed by atoms with Gasteiger partial charge in [0.2, 0.25) is 0 Å². The van der Waals surface area contributed by atoms with E-state index in [9.17, 15) is 5.11 Å². The van der Waals surface area contributed by atoms with Gasteiger partial charge in [0.15, 0.2) is 0 Å². The molecule has 0 aliphatic carbocycles. The van der Waals surface area contributed by atoms with E-state index < -0.39 is 0 Å². The van der Waals surface area contributed by atoms with Crippen LogP contribution in [-0.2, 0) is 17.7 Å². The second-order valence-corrected chi connectivity index (χ2v) is 3.89. The molecular formula is C10H17N3O2. The fraction of sp³-hybridized carbons (Fsp3) is 0.800. The largest absolute Gasteiger partial charge is 0.392 e. The zero-order chi connectivity index (χ0) is 10.7. The summed E-state index contributed by atoms with van der Waals surface area (Å²) in [6.07, 6.45) is 2.70. The lowest BCUT2D eigenvalue weighted by Crippen LogP contribution is -2.24. The summed E-state index contributed by atoms with van der Waals surface area (Å²) in [6.45, 7) is 4.25. The van der Waals surface area contributed by atoms with Gasteiger partial charge in [-0.05, 0) is 13.3 Å². The smallest absolute Gasteiger partial charge is 0.138 e. The molecule has 2 unspecified atom stereocenters. The molecule has 0 bridgehead atoms. The molecule has 1 fully saturated rings. The third-order valence-corrected chi connectivity index (χ3v) is 2.90. The summed E-state index contributed by atoms with van der Waals surface area (Å²) in [5.74, 6) is 1.11. The molecule has 5 nitrogen and oxygen atoms in total. The molecule has 15 heavy (non-hydrogen) atoms. The highest BCUT2D eigenvalue weighted by Crippen LogP contribution is 2.18. The number of aryl methyl sites for hydroxylation is 1. The normalized spacial score (nSPS) is 23.2. The first-order chi connectivity index (χ1) is 7.31. The zero-order valence-electron chi connectivity index (χ0n) is 8.96. The Kier molecular flexibility index (Phi) is 3.33. The minimum Gasteiger partial charge on any atom is -0.392 e. The molecule has 0 saturated carbocycles. The van der Waals surface area contributed by atoms with Crippen molar-refractivity contribution < 1.29 is 9.84 Å². The average Bonchev–Trinajstić information content (AvgIpc) is 2.87. The summed E-state index contributed by atoms with van der Waals surface area (Å²) >= 11 is 0. The van der Waals surface area contributed by atoms with Crippen LogP contribution in [0.15, 0.2) is 6.33 Å². The van der Waals surface area contributed by atoms with Crippen molar-refractivity contribution in [3.8, 4) is 0 Å². The van der Waals surface area contributed by atoms with Gasteiger partial charge in [-0.1, -0.05) is 0 Å². The van der Waals surface area contributed by atoms with Gasteiger partial charge in [-0.3, -0.25) is 4.68 Å². The second-order valence-electron chi connectivity index (χ2n) is 3.89. The van der Waals surface area contributed by atoms with Crippen molar-refractivity contribution in [2.45, 2.75) is 32.4 Å². The Hall–Kier alpha value is -0.940. The van der Waals surface area contributed by atoms with Crippen molar-refractivity contribution in [3.05, 3.63) is 12.2 Å². The minimum atomic E-state index is -0.359. The van der Waals surface area contributed by atoms with Gasteiger partial charge in [0, 0.05) is 25.5 Å². The number of nitrogens with zero attached hydrogens (tertiary/aromatic N) is 3. The van der Waals surface area contributed by atoms with Crippen LogP contribution >= 0.6 is 0 Å². The van der Waals surface area contributed by atoms with E-state index >= 15 is 0 Å². The number of ether oxygens (including phenoxy) is 1. The fourth-order valence-corrected chi connectivity index (χ4v) is 1.92. The number of rotatable bonds is 4. The van der Waals surface area contributed by atoms with Crippen LogP contribution < -0.4 is 0 Å². The maximum Gasteiger partial charge on any atom is 0.138 e. The number of hydrogen-bond acceptors (Lipinski definition) is 4. The van der Waals surface area contributed by atoms with Gasteiger partial charge in [-0.15, -0.1) is 0 Å². The Labute approximate surface area is 89.1 Å². The Bertz CT molecular complexity index is 307. The van der Waals surface area contributed by atoms with Crippen molar-refractivity contribution in [2.75, 3.05) is 13.2 Å². The monoisotopic (exact) mass is 211 g/mol. The van der Waals surface area contributed by atoms with Crippen LogP contribution in [0.25, 0.3) is 0 Å². The summed E-state index contributed by atoms with van der Waals surface area (Å²) < 4.78 is 7.07. The Morgan fingerprint density at radius 3 is 3.27 bits per heavy atom. The molecule has 2 rings (SSSR count). The molecule has 2 heterocycles. The topological polar surface area (TPSA) is 60.2 Å². The van der Waals surface area contributed by atoms with Gasteiger partial charge in [-0.25, -0.2) is 4.98 Å². The highest BCUT2D eigenvalue weighted by molar-refractivity contribution is 4.89. The molecule has 0 amide bonds. The summed E-state index contributed by atoms with van der Waals surface area (Å²) in [5.41, 5.74) is 0. The molecule has 1 aromatic rings. The van der Waals surface area contributed by atoms with Crippen molar-refractivity contribution >= 4 is 0 Å². The van der Waals surface area contributed by atoms with E-state index in [4.69, 9.17) is 4.74 Å². The maximum atomic E-state index is 9.98. The Balaban J connectivity index is 1.95. The first-order valence-corrected chi connectivity index (χ1v) is 5.43. The lowest BCUT2D eigenvalue weighted by Gasteiger charge is -2.15. The molecule has 1 saturated heterocycles. The van der Waals surface area contributed by atoms with Gasteiger partial charge < -0.3 is 9.84 Å². The number of hydrogen-bond donors (Lipinski definition) is 1. The van der Waals surface area contributed by atoms with E-state index in [-0.39, 0.29) is 12.0 Å². The van der Waals surface area contributed by atoms with Crippen molar-refractivity contribution in [2.24, 2.45) is 5.92 Å². The van der Waals surface area contributed by atoms with Gasteiger partial charge in [0.25, 0.3) is 0 Å². The van der Waals surface area contributed by atoms with Crippen LogP contribution in [0.5, 0.6) is 0 Å². The molecule has 0 radical (unpaired) electrons. The molecule has 2 atom stereocenters. The molecular weight excluding hydrogens is 194 g/mol. The van der Waals surface area contributed by atoms with E-state index in [1.807, 2.05) is 11.6 Å². The molecule has 0 aromatic carbocycles. The zero-order valence-corrected chi connectivity index (χ0v) is 8.96. The predicted molar refractivity (Wildman–Crippen MR) is 54.3 cm³/mol. The average molecular weight is 211 g/mol. The van der Waals surface area contributed by atoms with Crippen molar-refractivity contribution in [1.29, 1.82) is 0 Å². The van der Waals surface area contributed by atoms with E-state index in [1.54, 1.807) is 0 Å². The van der Waals surface area contributed by atoms with Crippen molar-refractivity contribution in [3.63, 3.8) is 0 Å². The van der Waals surface area contributed by atoms with Gasteiger partial charge in [-0.2, -0.15) is 5.10 Å². The summed E-state index contributed by atoms with van der Waals surface area (Å²) in [7, 11) is 0. The van der Waals surface area contributed by atoms with Crippen LogP contribution in [0.4, 0.5) is 0 Å². The highest BCUT2D eigenvalue weighted by Gasteiger charge is 2.25. The summed E-state index contributed by atoms with van der Waals surface area (Å²) in [6, 6.07) is 0.